The molecule has 9 heteroatoms. The minimum Gasteiger partial charge on any atom is -0.504 e. The van der Waals surface area contributed by atoms with Crippen LogP contribution in [0.4, 0.5) is 11.8 Å². The Balaban J connectivity index is 1.70. The molecule has 0 radical (unpaired) electrons. The number of nitrogen functional groups attached to an aromatic ring is 1. The van der Waals surface area contributed by atoms with Gasteiger partial charge in [-0.15, -0.1) is 0 Å². The molecule has 0 bridgehead atoms. The number of methoxy groups -OCH3 is 1. The molecule has 2 aromatic carbocycles. The molecule has 182 valence electrons. The molecule has 0 saturated carbocycles. The predicted octanol–water partition coefficient (Wildman–Crippen LogP) is 2.99. The Labute approximate surface area is 199 Å². The van der Waals surface area contributed by atoms with Gasteiger partial charge in [-0.05, 0) is 31.0 Å². The molecule has 1 aromatic heterocycles. The van der Waals surface area contributed by atoms with E-state index in [4.69, 9.17) is 15.2 Å². The molecule has 0 saturated heterocycles. The van der Waals surface area contributed by atoms with Crippen LogP contribution >= 0.6 is 0 Å². The topological polar surface area (TPSA) is 126 Å². The van der Waals surface area contributed by atoms with Gasteiger partial charge in [0.2, 0.25) is 5.95 Å². The molecule has 1 atom stereocenters. The highest BCUT2D eigenvalue weighted by Crippen LogP contribution is 2.33. The van der Waals surface area contributed by atoms with Crippen LogP contribution in [0.5, 0.6) is 17.2 Å². The molecular weight excluding hydrogens is 434 g/mol. The summed E-state index contributed by atoms with van der Waals surface area (Å²) in [6, 6.07) is 10.8. The monoisotopic (exact) mass is 467 g/mol. The maximum Gasteiger partial charge on any atom is 0.227 e. The van der Waals surface area contributed by atoms with Crippen molar-refractivity contribution in [3.8, 4) is 17.2 Å². The van der Waals surface area contributed by atoms with Gasteiger partial charge in [-0.2, -0.15) is 4.98 Å². The molecule has 3 aromatic rings. The third kappa shape index (κ3) is 5.79. The summed E-state index contributed by atoms with van der Waals surface area (Å²) in [6.45, 7) is 9.71. The number of para-hydroxylation sites is 1. The Morgan fingerprint density at radius 1 is 1.21 bits per heavy atom. The number of aliphatic hydroxyl groups is 1. The van der Waals surface area contributed by atoms with Crippen LogP contribution in [-0.4, -0.2) is 59.6 Å². The van der Waals surface area contributed by atoms with Crippen LogP contribution in [0.15, 0.2) is 48.7 Å². The van der Waals surface area contributed by atoms with Crippen LogP contribution in [0, 0.1) is 6.92 Å². The molecule has 0 aliphatic rings. The normalized spacial score (nSPS) is 11.8. The van der Waals surface area contributed by atoms with Crippen molar-refractivity contribution in [2.75, 3.05) is 44.0 Å². The van der Waals surface area contributed by atoms with Crippen molar-refractivity contribution in [3.63, 3.8) is 0 Å². The number of aryl methyl sites for hydroxylation is 1. The lowest BCUT2D eigenvalue weighted by Crippen LogP contribution is -2.37. The van der Waals surface area contributed by atoms with Crippen molar-refractivity contribution >= 4 is 22.7 Å². The zero-order valence-electron chi connectivity index (χ0n) is 19.9. The number of nitrogens with two attached hydrogens (primary N) is 1. The molecule has 5 N–H and O–H groups in total. The molecule has 0 spiro atoms. The Morgan fingerprint density at radius 2 is 1.97 bits per heavy atom. The van der Waals surface area contributed by atoms with Gasteiger partial charge >= 0.3 is 0 Å². The quantitative estimate of drug-likeness (QED) is 0.318. The number of phenols is 1. The van der Waals surface area contributed by atoms with Crippen LogP contribution in [0.2, 0.25) is 0 Å². The molecule has 1 heterocycles. The lowest BCUT2D eigenvalue weighted by Gasteiger charge is -2.25. The summed E-state index contributed by atoms with van der Waals surface area (Å²) in [6.07, 6.45) is 0.310. The Bertz CT molecular complexity index is 1140. The number of anilines is 2. The average molecular weight is 468 g/mol. The first-order valence-electron chi connectivity index (χ1n) is 11.2. The van der Waals surface area contributed by atoms with E-state index >= 15 is 0 Å². The van der Waals surface area contributed by atoms with E-state index in [2.05, 4.69) is 28.8 Å². The predicted molar refractivity (Wildman–Crippen MR) is 134 cm³/mol. The van der Waals surface area contributed by atoms with E-state index in [0.717, 1.165) is 18.5 Å². The number of nitrogens with zero attached hydrogens (tertiary/aromatic N) is 3. The minimum absolute atomic E-state index is 0.0162. The minimum atomic E-state index is -0.576. The summed E-state index contributed by atoms with van der Waals surface area (Å²) in [5, 5.41) is 23.7. The lowest BCUT2D eigenvalue weighted by molar-refractivity contribution is 0.136. The zero-order valence-corrected chi connectivity index (χ0v) is 19.9. The summed E-state index contributed by atoms with van der Waals surface area (Å²) in [7, 11) is 1.48. The molecule has 9 nitrogen and oxygen atoms in total. The van der Waals surface area contributed by atoms with Crippen LogP contribution in [0.1, 0.15) is 18.9 Å². The Kier molecular flexibility index (Phi) is 8.37. The van der Waals surface area contributed by atoms with E-state index in [0.29, 0.717) is 47.1 Å². The fourth-order valence-corrected chi connectivity index (χ4v) is 3.57. The summed E-state index contributed by atoms with van der Waals surface area (Å²) < 4.78 is 11.1. The van der Waals surface area contributed by atoms with Crippen molar-refractivity contribution < 1.29 is 19.7 Å². The van der Waals surface area contributed by atoms with Gasteiger partial charge in [0, 0.05) is 36.8 Å². The van der Waals surface area contributed by atoms with Crippen molar-refractivity contribution in [3.05, 3.63) is 54.2 Å². The highest BCUT2D eigenvalue weighted by atomic mass is 16.5. The highest BCUT2D eigenvalue weighted by Gasteiger charge is 2.17. The molecule has 1 unspecified atom stereocenters. The second kappa shape index (κ2) is 11.4. The first-order valence-corrected chi connectivity index (χ1v) is 11.2. The van der Waals surface area contributed by atoms with Crippen molar-refractivity contribution in [2.24, 2.45) is 0 Å². The number of nitrogens with one attached hydrogen (secondary N) is 1. The molecular formula is C25H33N5O4. The van der Waals surface area contributed by atoms with E-state index in [9.17, 15) is 10.2 Å². The number of aliphatic hydroxyl groups excluding tert-OH is 1. The second-order valence-electron chi connectivity index (χ2n) is 7.94. The third-order valence-corrected chi connectivity index (χ3v) is 5.44. The van der Waals surface area contributed by atoms with Gasteiger partial charge in [-0.25, -0.2) is 4.98 Å². The molecule has 0 aliphatic carbocycles. The maximum atomic E-state index is 10.0. The molecule has 34 heavy (non-hydrogen) atoms. The van der Waals surface area contributed by atoms with Crippen LogP contribution in [-0.2, 0) is 0 Å². The van der Waals surface area contributed by atoms with Crippen molar-refractivity contribution in [1.82, 2.24) is 15.3 Å². The summed E-state index contributed by atoms with van der Waals surface area (Å²) >= 11 is 0. The smallest absolute Gasteiger partial charge is 0.227 e. The van der Waals surface area contributed by atoms with Crippen LogP contribution in [0.25, 0.3) is 10.9 Å². The van der Waals surface area contributed by atoms with Gasteiger partial charge in [0.25, 0.3) is 0 Å². The molecule has 0 aliphatic heterocycles. The van der Waals surface area contributed by atoms with Crippen LogP contribution in [0.3, 0.4) is 0 Å². The highest BCUT2D eigenvalue weighted by molar-refractivity contribution is 5.91. The van der Waals surface area contributed by atoms with Crippen molar-refractivity contribution in [1.29, 1.82) is 0 Å². The molecule has 3 rings (SSSR count). The number of rotatable bonds is 12. The Morgan fingerprint density at radius 3 is 2.65 bits per heavy atom. The van der Waals surface area contributed by atoms with Crippen LogP contribution < -0.4 is 25.4 Å². The number of aromatic hydroxyl groups is 1. The third-order valence-electron chi connectivity index (χ3n) is 5.44. The fraction of sp³-hybridized carbons (Fsp3) is 0.360. The van der Waals surface area contributed by atoms with Gasteiger partial charge in [0.1, 0.15) is 11.6 Å². The summed E-state index contributed by atoms with van der Waals surface area (Å²) in [5.41, 5.74) is 8.32. The van der Waals surface area contributed by atoms with Crippen molar-refractivity contribution in [2.45, 2.75) is 26.4 Å². The number of fused-ring (bicyclic) bond motifs is 1. The van der Waals surface area contributed by atoms with Gasteiger partial charge in [-0.1, -0.05) is 31.7 Å². The van der Waals surface area contributed by atoms with E-state index in [1.807, 2.05) is 36.1 Å². The zero-order chi connectivity index (χ0) is 24.7. The number of benzene rings is 2. The number of ether oxygens (including phenoxy) is 2. The fourth-order valence-electron chi connectivity index (χ4n) is 3.57. The Hall–Kier alpha value is -3.72. The largest absolute Gasteiger partial charge is 0.504 e. The maximum absolute atomic E-state index is 10.0. The van der Waals surface area contributed by atoms with Gasteiger partial charge in [-0.3, -0.25) is 0 Å². The number of aromatic nitrogens is 2. The second-order valence-corrected chi connectivity index (χ2v) is 7.94. The lowest BCUT2D eigenvalue weighted by atomic mass is 10.2. The molecule has 0 amide bonds. The molecule has 0 fully saturated rings. The van der Waals surface area contributed by atoms with E-state index in [1.165, 1.54) is 13.2 Å². The van der Waals surface area contributed by atoms with Gasteiger partial charge < -0.3 is 35.6 Å². The number of phenolic OH excluding ortho intramolecular Hbond substituents is 1. The first kappa shape index (κ1) is 24.9. The van der Waals surface area contributed by atoms with Gasteiger partial charge in [0.05, 0.1) is 19.2 Å². The number of hydrogen-bond donors (Lipinski definition) is 4. The SMILES string of the molecule is C=C(NCCN(CCC)c1nc(N)c2cc(O)c(OC)cc2n1)C(CO)Oc1ccccc1C. The van der Waals surface area contributed by atoms with E-state index in [1.54, 1.807) is 6.07 Å². The first-order chi connectivity index (χ1) is 16.4. The standard InChI is InChI=1S/C25H33N5O4/c1-5-11-30(25-28-19-14-22(33-4)20(32)13-18(19)24(26)29-25)12-10-27-17(3)23(15-31)34-21-9-7-6-8-16(21)2/h6-9,13-14,23,27,31-32H,3,5,10-12,15H2,1-2,4H3,(H2,26,28,29). The van der Waals surface area contributed by atoms with E-state index in [-0.39, 0.29) is 18.2 Å². The van der Waals surface area contributed by atoms with E-state index < -0.39 is 6.10 Å². The van der Waals surface area contributed by atoms with Gasteiger partial charge in [0.15, 0.2) is 17.6 Å². The summed E-state index contributed by atoms with van der Waals surface area (Å²) in [4.78, 5) is 11.1. The summed E-state index contributed by atoms with van der Waals surface area (Å²) in [5.74, 6) is 1.78. The number of hydrogen-bond acceptors (Lipinski definition) is 9. The average Bonchev–Trinajstić information content (AvgIpc) is 2.82.